The number of hydrogen-bond acceptors (Lipinski definition) is 15. The molecule has 0 amide bonds. The summed E-state index contributed by atoms with van der Waals surface area (Å²) in [5, 5.41) is 10.6. The van der Waals surface area contributed by atoms with Gasteiger partial charge in [0.2, 0.25) is 0 Å². The number of aliphatic hydroxyl groups is 1. The Morgan fingerprint density at radius 2 is 0.429 bits per heavy atom. The van der Waals surface area contributed by atoms with Crippen LogP contribution in [0.4, 0.5) is 0 Å². The van der Waals surface area contributed by atoms with E-state index in [4.69, 9.17) is 37.0 Å². The lowest BCUT2D eigenvalue weighted by Crippen LogP contribution is -2.30. The van der Waals surface area contributed by atoms with Crippen molar-refractivity contribution in [2.45, 2.75) is 420 Å². The average molecular weight is 1440 g/mol. The fourth-order valence-electron chi connectivity index (χ4n) is 12.1. The van der Waals surface area contributed by atoms with Crippen LogP contribution in [0.5, 0.6) is 0 Å². The lowest BCUT2D eigenvalue weighted by molar-refractivity contribution is -0.161. The van der Waals surface area contributed by atoms with Crippen molar-refractivity contribution in [3.63, 3.8) is 0 Å². The molecule has 0 aliphatic heterocycles. The minimum Gasteiger partial charge on any atom is -0.462 e. The first-order valence-corrected chi connectivity index (χ1v) is 43.7. The van der Waals surface area contributed by atoms with E-state index >= 15 is 0 Å². The zero-order valence-electron chi connectivity index (χ0n) is 64.4. The first-order valence-electron chi connectivity index (χ1n) is 40.7. The summed E-state index contributed by atoms with van der Waals surface area (Å²) < 4.78 is 68.5. The number of carbonyl (C=O) groups is 4. The van der Waals surface area contributed by atoms with Crippen molar-refractivity contribution in [2.75, 3.05) is 39.6 Å². The molecule has 0 fully saturated rings. The predicted octanol–water partition coefficient (Wildman–Crippen LogP) is 23.2. The van der Waals surface area contributed by atoms with Gasteiger partial charge in [-0.2, -0.15) is 0 Å². The number of unbranched alkanes of at least 4 members (excludes halogenated alkanes) is 42. The second-order valence-corrected chi connectivity index (χ2v) is 33.3. The minimum absolute atomic E-state index is 0.101. The minimum atomic E-state index is -4.96. The quantitative estimate of drug-likeness (QED) is 0.0222. The highest BCUT2D eigenvalue weighted by molar-refractivity contribution is 7.47. The Balaban J connectivity index is 5.17. The van der Waals surface area contributed by atoms with Gasteiger partial charge in [-0.05, 0) is 49.4 Å². The summed E-state index contributed by atoms with van der Waals surface area (Å²) in [7, 11) is -9.91. The third-order valence-electron chi connectivity index (χ3n) is 18.3. The van der Waals surface area contributed by atoms with E-state index in [0.717, 1.165) is 108 Å². The summed E-state index contributed by atoms with van der Waals surface area (Å²) in [4.78, 5) is 72.8. The van der Waals surface area contributed by atoms with E-state index in [-0.39, 0.29) is 25.7 Å². The largest absolute Gasteiger partial charge is 0.472 e. The molecule has 582 valence electrons. The molecule has 0 aliphatic carbocycles. The second-order valence-electron chi connectivity index (χ2n) is 30.4. The van der Waals surface area contributed by atoms with E-state index in [2.05, 4.69) is 55.4 Å². The molecule has 0 aromatic heterocycles. The molecule has 0 saturated carbocycles. The van der Waals surface area contributed by atoms with E-state index < -0.39 is 97.5 Å². The predicted molar refractivity (Wildman–Crippen MR) is 400 cm³/mol. The van der Waals surface area contributed by atoms with Gasteiger partial charge in [0, 0.05) is 25.7 Å². The van der Waals surface area contributed by atoms with Crippen molar-refractivity contribution in [2.24, 2.45) is 23.7 Å². The first-order chi connectivity index (χ1) is 47.1. The summed E-state index contributed by atoms with van der Waals surface area (Å²) in [6.45, 7) is 14.1. The van der Waals surface area contributed by atoms with Crippen molar-refractivity contribution in [3.05, 3.63) is 0 Å². The van der Waals surface area contributed by atoms with Crippen molar-refractivity contribution < 1.29 is 80.2 Å². The maximum absolute atomic E-state index is 13.1. The number of ether oxygens (including phenoxy) is 4. The summed E-state index contributed by atoms with van der Waals surface area (Å²) in [5.74, 6) is 0.857. The topological polar surface area (TPSA) is 237 Å². The van der Waals surface area contributed by atoms with Gasteiger partial charge in [0.05, 0.1) is 26.4 Å². The maximum Gasteiger partial charge on any atom is 0.472 e. The van der Waals surface area contributed by atoms with Crippen LogP contribution in [0.2, 0.25) is 0 Å². The summed E-state index contributed by atoms with van der Waals surface area (Å²) in [6.07, 6.45) is 54.7. The molecule has 0 saturated heterocycles. The smallest absolute Gasteiger partial charge is 0.462 e. The fourth-order valence-corrected chi connectivity index (χ4v) is 13.7. The molecular formula is C79H154O17P2. The Labute approximate surface area is 600 Å². The Kier molecular flexibility index (Phi) is 66.8. The number of aliphatic hydroxyl groups excluding tert-OH is 1. The van der Waals surface area contributed by atoms with Crippen LogP contribution < -0.4 is 0 Å². The molecular weight excluding hydrogens is 1280 g/mol. The molecule has 0 radical (unpaired) electrons. The standard InChI is InChI=1S/C79H154O17P2/c1-69(2)55-47-39-31-27-23-19-15-11-9-10-12-18-22-26-30-34-45-53-61-78(83)95-74(65-89-76(81)59-51-43-33-29-25-21-17-14-13-16-20-24-28-32-40-48-56-70(3)4)67-93-97(85,86)91-63-73(80)64-92-98(87,88)94-68-75(96-79(84)62-54-46-38-36-42-50-58-72(7)8)66-90-77(82)60-52-44-37-35-41-49-57-71(5)6/h69-75,80H,9-68H2,1-8H3,(H,85,86)(H,87,88)/t73-,74-,75-/m1/s1. The van der Waals surface area contributed by atoms with Gasteiger partial charge in [-0.3, -0.25) is 37.3 Å². The third kappa shape index (κ3) is 72.4. The van der Waals surface area contributed by atoms with Gasteiger partial charge in [-0.25, -0.2) is 9.13 Å². The van der Waals surface area contributed by atoms with E-state index in [1.54, 1.807) is 0 Å². The molecule has 5 atom stereocenters. The molecule has 0 bridgehead atoms. The van der Waals surface area contributed by atoms with Crippen LogP contribution in [0.15, 0.2) is 0 Å². The number of carbonyl (C=O) groups excluding carboxylic acids is 4. The molecule has 0 aromatic carbocycles. The SMILES string of the molecule is CC(C)CCCCCCCCCCCCCCCCCCCCC(=O)O[C@H](COC(=O)CCCCCCCCCCCCCCCCCCC(C)C)COP(=O)(O)OC[C@@H](O)COP(=O)(O)OC[C@@H](COC(=O)CCCCCCCCC(C)C)OC(=O)CCCCCCCCC(C)C. The second kappa shape index (κ2) is 68.2. The zero-order chi connectivity index (χ0) is 72.4. The van der Waals surface area contributed by atoms with E-state index in [1.807, 2.05) is 0 Å². The average Bonchev–Trinajstić information content (AvgIpc) is 1.01. The molecule has 3 N–H and O–H groups in total. The van der Waals surface area contributed by atoms with Crippen molar-refractivity contribution in [1.82, 2.24) is 0 Å². The number of hydrogen-bond donors (Lipinski definition) is 3. The van der Waals surface area contributed by atoms with Crippen LogP contribution in [0.25, 0.3) is 0 Å². The van der Waals surface area contributed by atoms with E-state index in [1.165, 1.54) is 199 Å². The van der Waals surface area contributed by atoms with Gasteiger partial charge in [0.25, 0.3) is 0 Å². The van der Waals surface area contributed by atoms with Gasteiger partial charge < -0.3 is 33.8 Å². The lowest BCUT2D eigenvalue weighted by Gasteiger charge is -2.21. The highest BCUT2D eigenvalue weighted by Gasteiger charge is 2.30. The lowest BCUT2D eigenvalue weighted by atomic mass is 10.0. The van der Waals surface area contributed by atoms with Crippen LogP contribution in [-0.2, 0) is 65.4 Å². The molecule has 0 aromatic rings. The van der Waals surface area contributed by atoms with Gasteiger partial charge in [0.15, 0.2) is 12.2 Å². The Morgan fingerprint density at radius 1 is 0.255 bits per heavy atom. The number of esters is 4. The first kappa shape index (κ1) is 96.1. The third-order valence-corrected chi connectivity index (χ3v) is 20.2. The Bertz CT molecular complexity index is 1920. The molecule has 19 heteroatoms. The van der Waals surface area contributed by atoms with Crippen LogP contribution >= 0.6 is 15.6 Å². The van der Waals surface area contributed by atoms with Crippen molar-refractivity contribution in [1.29, 1.82) is 0 Å². The van der Waals surface area contributed by atoms with Gasteiger partial charge >= 0.3 is 39.5 Å². The molecule has 0 spiro atoms. The Hall–Kier alpha value is -1.94. The summed E-state index contributed by atoms with van der Waals surface area (Å²) in [5.41, 5.74) is 0. The van der Waals surface area contributed by atoms with Crippen LogP contribution in [0.1, 0.15) is 402 Å². The zero-order valence-corrected chi connectivity index (χ0v) is 66.2. The van der Waals surface area contributed by atoms with E-state index in [0.29, 0.717) is 37.5 Å². The molecule has 0 aliphatic rings. The van der Waals surface area contributed by atoms with Gasteiger partial charge in [0.1, 0.15) is 19.3 Å². The molecule has 0 heterocycles. The highest BCUT2D eigenvalue weighted by Crippen LogP contribution is 2.45. The number of phosphoric ester groups is 2. The monoisotopic (exact) mass is 1440 g/mol. The number of phosphoric acid groups is 2. The number of rotatable bonds is 76. The van der Waals surface area contributed by atoms with Crippen LogP contribution in [0, 0.1) is 23.7 Å². The summed E-state index contributed by atoms with van der Waals surface area (Å²) in [6, 6.07) is 0. The molecule has 17 nitrogen and oxygen atoms in total. The van der Waals surface area contributed by atoms with E-state index in [9.17, 15) is 43.2 Å². The van der Waals surface area contributed by atoms with Crippen molar-refractivity contribution >= 4 is 39.5 Å². The van der Waals surface area contributed by atoms with Crippen LogP contribution in [-0.4, -0.2) is 96.7 Å². The van der Waals surface area contributed by atoms with Crippen LogP contribution in [0.3, 0.4) is 0 Å². The molecule has 98 heavy (non-hydrogen) atoms. The molecule has 0 rings (SSSR count). The normalized spacial score (nSPS) is 14.1. The Morgan fingerprint density at radius 3 is 0.633 bits per heavy atom. The van der Waals surface area contributed by atoms with Gasteiger partial charge in [-0.15, -0.1) is 0 Å². The summed E-state index contributed by atoms with van der Waals surface area (Å²) >= 11 is 0. The maximum atomic E-state index is 13.1. The van der Waals surface area contributed by atoms with Gasteiger partial charge in [-0.1, -0.05) is 351 Å². The molecule has 2 unspecified atom stereocenters. The van der Waals surface area contributed by atoms with Crippen molar-refractivity contribution in [3.8, 4) is 0 Å². The fraction of sp³-hybridized carbons (Fsp3) is 0.949. The highest BCUT2D eigenvalue weighted by atomic mass is 31.2.